The van der Waals surface area contributed by atoms with E-state index in [0.717, 1.165) is 12.0 Å². The summed E-state index contributed by atoms with van der Waals surface area (Å²) in [6.07, 6.45) is 1.49. The summed E-state index contributed by atoms with van der Waals surface area (Å²) >= 11 is 6.10. The van der Waals surface area contributed by atoms with Crippen molar-refractivity contribution in [1.82, 2.24) is 10.2 Å². The van der Waals surface area contributed by atoms with Gasteiger partial charge in [-0.2, -0.15) is 5.10 Å². The minimum absolute atomic E-state index is 0.236. The fourth-order valence-electron chi connectivity index (χ4n) is 2.59. The van der Waals surface area contributed by atoms with Crippen LogP contribution >= 0.6 is 11.6 Å². The molecule has 2 aromatic rings. The van der Waals surface area contributed by atoms with Crippen molar-refractivity contribution >= 4 is 23.3 Å². The Morgan fingerprint density at radius 1 is 1.43 bits per heavy atom. The quantitative estimate of drug-likeness (QED) is 0.916. The molecule has 1 aromatic carbocycles. The first-order valence-electron chi connectivity index (χ1n) is 6.85. The summed E-state index contributed by atoms with van der Waals surface area (Å²) in [4.78, 5) is 12.7. The van der Waals surface area contributed by atoms with E-state index >= 15 is 0 Å². The Morgan fingerprint density at radius 3 is 2.76 bits per heavy atom. The Bertz CT molecular complexity index is 648. The number of hydrogen-bond acceptors (Lipinski definition) is 3. The summed E-state index contributed by atoms with van der Waals surface area (Å²) < 4.78 is 5.81. The lowest BCUT2D eigenvalue weighted by atomic mass is 9.90. The van der Waals surface area contributed by atoms with Gasteiger partial charge in [-0.1, -0.05) is 41.9 Å². The molecule has 1 unspecified atom stereocenters. The minimum atomic E-state index is -0.961. The van der Waals surface area contributed by atoms with Gasteiger partial charge in [0.15, 0.2) is 11.4 Å². The number of aromatic nitrogens is 2. The first kappa shape index (κ1) is 14.1. The second-order valence-electron chi connectivity index (χ2n) is 5.11. The van der Waals surface area contributed by atoms with Gasteiger partial charge in [0.1, 0.15) is 5.02 Å². The van der Waals surface area contributed by atoms with Crippen LogP contribution in [0.4, 0.5) is 5.82 Å². The molecule has 0 spiro atoms. The average molecular weight is 306 g/mol. The molecule has 0 radical (unpaired) electrons. The zero-order valence-electron chi connectivity index (χ0n) is 11.6. The number of aromatic amines is 1. The van der Waals surface area contributed by atoms with Gasteiger partial charge in [0, 0.05) is 6.61 Å². The van der Waals surface area contributed by atoms with Crippen LogP contribution in [0.5, 0.6) is 0 Å². The number of rotatable bonds is 3. The molecular weight excluding hydrogens is 290 g/mol. The van der Waals surface area contributed by atoms with Gasteiger partial charge in [-0.15, -0.1) is 0 Å². The van der Waals surface area contributed by atoms with E-state index < -0.39 is 5.60 Å². The summed E-state index contributed by atoms with van der Waals surface area (Å²) in [7, 11) is 0. The molecule has 0 saturated carbocycles. The van der Waals surface area contributed by atoms with Crippen LogP contribution < -0.4 is 5.32 Å². The minimum Gasteiger partial charge on any atom is -0.360 e. The van der Waals surface area contributed by atoms with Gasteiger partial charge < -0.3 is 10.1 Å². The molecule has 1 aromatic heterocycles. The number of benzene rings is 1. The van der Waals surface area contributed by atoms with E-state index in [0.29, 0.717) is 29.6 Å². The number of halogens is 1. The predicted octanol–water partition coefficient (Wildman–Crippen LogP) is 3.02. The number of H-pyrrole nitrogens is 1. The lowest BCUT2D eigenvalue weighted by molar-refractivity contribution is -0.136. The van der Waals surface area contributed by atoms with Gasteiger partial charge in [-0.05, 0) is 25.3 Å². The average Bonchev–Trinajstić information content (AvgIpc) is 3.12. The molecule has 21 heavy (non-hydrogen) atoms. The highest BCUT2D eigenvalue weighted by molar-refractivity contribution is 6.34. The Hall–Kier alpha value is -1.85. The van der Waals surface area contributed by atoms with E-state index in [4.69, 9.17) is 16.3 Å². The summed E-state index contributed by atoms with van der Waals surface area (Å²) in [6.45, 7) is 2.36. The summed E-state index contributed by atoms with van der Waals surface area (Å²) in [5.41, 5.74) is 0.605. The number of hydrogen-bond donors (Lipinski definition) is 2. The van der Waals surface area contributed by atoms with E-state index in [1.807, 2.05) is 30.3 Å². The molecule has 5 nitrogen and oxygen atoms in total. The molecule has 1 aliphatic heterocycles. The Kier molecular flexibility index (Phi) is 3.69. The van der Waals surface area contributed by atoms with E-state index in [-0.39, 0.29) is 5.91 Å². The number of nitrogens with one attached hydrogen (secondary N) is 2. The molecule has 1 saturated heterocycles. The Morgan fingerprint density at radius 2 is 2.19 bits per heavy atom. The summed E-state index contributed by atoms with van der Waals surface area (Å²) in [5.74, 6) is 0.101. The normalized spacial score (nSPS) is 21.4. The molecule has 0 bridgehead atoms. The van der Waals surface area contributed by atoms with Gasteiger partial charge in [0.25, 0.3) is 5.91 Å². The molecule has 6 heteroatoms. The van der Waals surface area contributed by atoms with Crippen LogP contribution in [0.1, 0.15) is 24.1 Å². The number of aryl methyl sites for hydroxylation is 1. The number of carbonyl (C=O) groups excluding carboxylic acids is 1. The van der Waals surface area contributed by atoms with Crippen LogP contribution in [0.15, 0.2) is 30.3 Å². The molecule has 1 atom stereocenters. The zero-order chi connectivity index (χ0) is 14.9. The Labute approximate surface area is 127 Å². The monoisotopic (exact) mass is 305 g/mol. The van der Waals surface area contributed by atoms with E-state index in [1.54, 1.807) is 6.92 Å². The van der Waals surface area contributed by atoms with Crippen molar-refractivity contribution < 1.29 is 9.53 Å². The second kappa shape index (κ2) is 5.50. The van der Waals surface area contributed by atoms with Crippen LogP contribution in [-0.2, 0) is 15.1 Å². The standard InChI is InChI=1S/C15H16ClN3O2/c1-10-12(16)13(19-18-10)17-14(20)15(8-5-9-21-15)11-6-3-2-4-7-11/h2-4,6-7H,5,8-9H2,1H3,(H2,17,18,19,20). The number of carbonyl (C=O) groups is 1. The molecular formula is C15H16ClN3O2. The number of anilines is 1. The van der Waals surface area contributed by atoms with Crippen molar-refractivity contribution in [3.05, 3.63) is 46.6 Å². The lowest BCUT2D eigenvalue weighted by Gasteiger charge is -2.27. The van der Waals surface area contributed by atoms with E-state index in [1.165, 1.54) is 0 Å². The van der Waals surface area contributed by atoms with E-state index in [9.17, 15) is 4.79 Å². The maximum atomic E-state index is 12.7. The molecule has 1 aliphatic rings. The maximum absolute atomic E-state index is 12.7. The Balaban J connectivity index is 1.91. The summed E-state index contributed by atoms with van der Waals surface area (Å²) in [6, 6.07) is 9.53. The summed E-state index contributed by atoms with van der Waals surface area (Å²) in [5, 5.41) is 9.95. The van der Waals surface area contributed by atoms with Gasteiger partial charge in [0.05, 0.1) is 5.69 Å². The topological polar surface area (TPSA) is 67.0 Å². The lowest BCUT2D eigenvalue weighted by Crippen LogP contribution is -2.39. The van der Waals surface area contributed by atoms with Crippen LogP contribution in [0.2, 0.25) is 5.02 Å². The number of nitrogens with zero attached hydrogens (tertiary/aromatic N) is 1. The van der Waals surface area contributed by atoms with Gasteiger partial charge in [-0.25, -0.2) is 0 Å². The van der Waals surface area contributed by atoms with Gasteiger partial charge >= 0.3 is 0 Å². The van der Waals surface area contributed by atoms with Crippen LogP contribution in [0.3, 0.4) is 0 Å². The van der Waals surface area contributed by atoms with Gasteiger partial charge in [-0.3, -0.25) is 9.89 Å². The number of amides is 1. The molecule has 110 valence electrons. The molecule has 1 amide bonds. The molecule has 3 rings (SSSR count). The fraction of sp³-hybridized carbons (Fsp3) is 0.333. The van der Waals surface area contributed by atoms with Crippen LogP contribution in [0, 0.1) is 6.92 Å². The zero-order valence-corrected chi connectivity index (χ0v) is 12.4. The van der Waals surface area contributed by atoms with Crippen molar-refractivity contribution in [2.75, 3.05) is 11.9 Å². The van der Waals surface area contributed by atoms with Crippen molar-refractivity contribution in [3.8, 4) is 0 Å². The second-order valence-corrected chi connectivity index (χ2v) is 5.49. The third kappa shape index (κ3) is 2.43. The first-order chi connectivity index (χ1) is 10.1. The van der Waals surface area contributed by atoms with E-state index in [2.05, 4.69) is 15.5 Å². The largest absolute Gasteiger partial charge is 0.360 e. The van der Waals surface area contributed by atoms with Crippen molar-refractivity contribution in [1.29, 1.82) is 0 Å². The first-order valence-corrected chi connectivity index (χ1v) is 7.23. The van der Waals surface area contributed by atoms with Crippen molar-refractivity contribution in [3.63, 3.8) is 0 Å². The third-order valence-electron chi connectivity index (χ3n) is 3.73. The molecule has 1 fully saturated rings. The van der Waals surface area contributed by atoms with Crippen molar-refractivity contribution in [2.45, 2.75) is 25.4 Å². The molecule has 0 aliphatic carbocycles. The maximum Gasteiger partial charge on any atom is 0.262 e. The predicted molar refractivity (Wildman–Crippen MR) is 80.3 cm³/mol. The fourth-order valence-corrected chi connectivity index (χ4v) is 2.72. The third-order valence-corrected chi connectivity index (χ3v) is 4.20. The highest BCUT2D eigenvalue weighted by Gasteiger charge is 2.44. The van der Waals surface area contributed by atoms with Crippen LogP contribution in [-0.4, -0.2) is 22.7 Å². The highest BCUT2D eigenvalue weighted by Crippen LogP contribution is 2.37. The molecule has 2 N–H and O–H groups in total. The van der Waals surface area contributed by atoms with Crippen molar-refractivity contribution in [2.24, 2.45) is 0 Å². The SMILES string of the molecule is Cc1[nH]nc(NC(=O)C2(c3ccccc3)CCCO2)c1Cl. The molecule has 2 heterocycles. The smallest absolute Gasteiger partial charge is 0.262 e. The number of ether oxygens (including phenoxy) is 1. The van der Waals surface area contributed by atoms with Crippen LogP contribution in [0.25, 0.3) is 0 Å². The highest BCUT2D eigenvalue weighted by atomic mass is 35.5. The van der Waals surface area contributed by atoms with Gasteiger partial charge in [0.2, 0.25) is 0 Å².